The summed E-state index contributed by atoms with van der Waals surface area (Å²) in [5.41, 5.74) is 0.225. The molecule has 9 heteroatoms. The number of rotatable bonds is 9. The number of aromatic hydroxyl groups is 3. The summed E-state index contributed by atoms with van der Waals surface area (Å²) < 4.78 is 10.3. The Morgan fingerprint density at radius 1 is 1.04 bits per heavy atom. The zero-order chi connectivity index (χ0) is 20.8. The summed E-state index contributed by atoms with van der Waals surface area (Å²) >= 11 is 0. The molecular formula is C19H22O9. The van der Waals surface area contributed by atoms with Crippen LogP contribution in [0.4, 0.5) is 0 Å². The van der Waals surface area contributed by atoms with E-state index < -0.39 is 41.8 Å². The number of aliphatic hydroxyl groups is 3. The Labute approximate surface area is 160 Å². The Morgan fingerprint density at radius 3 is 2.21 bits per heavy atom. The molecule has 9 nitrogen and oxygen atoms in total. The molecular weight excluding hydrogens is 372 g/mol. The van der Waals surface area contributed by atoms with Crippen molar-refractivity contribution in [2.45, 2.75) is 18.6 Å². The van der Waals surface area contributed by atoms with Gasteiger partial charge < -0.3 is 40.1 Å². The van der Waals surface area contributed by atoms with Gasteiger partial charge in [-0.3, -0.25) is 4.79 Å². The second-order valence-corrected chi connectivity index (χ2v) is 5.96. The van der Waals surface area contributed by atoms with Crippen LogP contribution in [0.2, 0.25) is 0 Å². The van der Waals surface area contributed by atoms with Gasteiger partial charge in [0.05, 0.1) is 20.3 Å². The van der Waals surface area contributed by atoms with Crippen molar-refractivity contribution in [3.8, 4) is 28.7 Å². The second kappa shape index (κ2) is 9.27. The molecule has 0 amide bonds. The average Bonchev–Trinajstić information content (AvgIpc) is 2.67. The van der Waals surface area contributed by atoms with E-state index in [1.54, 1.807) is 0 Å². The number of phenols is 3. The van der Waals surface area contributed by atoms with Gasteiger partial charge >= 0.3 is 0 Å². The molecule has 152 valence electrons. The molecule has 28 heavy (non-hydrogen) atoms. The van der Waals surface area contributed by atoms with Gasteiger partial charge in [0.25, 0.3) is 0 Å². The highest BCUT2D eigenvalue weighted by atomic mass is 16.5. The fraction of sp³-hybridized carbons (Fsp3) is 0.316. The summed E-state index contributed by atoms with van der Waals surface area (Å²) in [7, 11) is 1.33. The second-order valence-electron chi connectivity index (χ2n) is 5.96. The van der Waals surface area contributed by atoms with Crippen molar-refractivity contribution in [2.24, 2.45) is 0 Å². The number of benzene rings is 2. The van der Waals surface area contributed by atoms with Gasteiger partial charge in [-0.05, 0) is 29.8 Å². The van der Waals surface area contributed by atoms with Crippen LogP contribution in [-0.4, -0.2) is 62.8 Å². The SMILES string of the molecule is COc1cc([C@H](O)[C@H](CO)Oc2c(O)cc(C(=O)CCO)cc2O)ccc1O. The lowest BCUT2D eigenvalue weighted by Crippen LogP contribution is -2.29. The number of hydrogen-bond donors (Lipinski definition) is 6. The third-order valence-corrected chi connectivity index (χ3v) is 4.06. The van der Waals surface area contributed by atoms with Gasteiger partial charge in [0, 0.05) is 12.0 Å². The van der Waals surface area contributed by atoms with Crippen LogP contribution in [0.5, 0.6) is 28.7 Å². The minimum absolute atomic E-state index is 0.0271. The van der Waals surface area contributed by atoms with Gasteiger partial charge in [-0.15, -0.1) is 0 Å². The van der Waals surface area contributed by atoms with Gasteiger partial charge in [0.2, 0.25) is 5.75 Å². The number of phenolic OH excluding ortho intramolecular Hbond substituents is 3. The summed E-state index contributed by atoms with van der Waals surface area (Å²) in [5, 5.41) is 58.7. The van der Waals surface area contributed by atoms with E-state index in [1.807, 2.05) is 0 Å². The minimum Gasteiger partial charge on any atom is -0.504 e. The van der Waals surface area contributed by atoms with E-state index in [1.165, 1.54) is 25.3 Å². The number of ketones is 1. The van der Waals surface area contributed by atoms with Crippen LogP contribution in [0.3, 0.4) is 0 Å². The smallest absolute Gasteiger partial charge is 0.203 e. The van der Waals surface area contributed by atoms with Gasteiger partial charge in [-0.25, -0.2) is 0 Å². The first-order chi connectivity index (χ1) is 13.3. The molecule has 0 aromatic heterocycles. The van der Waals surface area contributed by atoms with Gasteiger partial charge in [0.15, 0.2) is 34.9 Å². The molecule has 6 N–H and O–H groups in total. The highest BCUT2D eigenvalue weighted by Crippen LogP contribution is 2.39. The summed E-state index contributed by atoms with van der Waals surface area (Å²) in [6.07, 6.45) is -2.86. The Kier molecular flexibility index (Phi) is 7.05. The number of aliphatic hydroxyl groups excluding tert-OH is 3. The van der Waals surface area contributed by atoms with E-state index in [-0.39, 0.29) is 35.7 Å². The third kappa shape index (κ3) is 4.63. The van der Waals surface area contributed by atoms with E-state index in [9.17, 15) is 30.3 Å². The summed E-state index contributed by atoms with van der Waals surface area (Å²) in [6.45, 7) is -1.05. The quantitative estimate of drug-likeness (QED) is 0.339. The average molecular weight is 394 g/mol. The zero-order valence-corrected chi connectivity index (χ0v) is 15.1. The lowest BCUT2D eigenvalue weighted by molar-refractivity contribution is -0.00170. The number of carbonyl (C=O) groups excluding carboxylic acids is 1. The maximum absolute atomic E-state index is 11.8. The molecule has 2 aromatic rings. The number of carbonyl (C=O) groups is 1. The van der Waals surface area contributed by atoms with Crippen molar-refractivity contribution in [2.75, 3.05) is 20.3 Å². The van der Waals surface area contributed by atoms with Crippen molar-refractivity contribution in [3.63, 3.8) is 0 Å². The Bertz CT molecular complexity index is 811. The number of hydrogen-bond acceptors (Lipinski definition) is 9. The van der Waals surface area contributed by atoms with Crippen LogP contribution in [0.15, 0.2) is 30.3 Å². The van der Waals surface area contributed by atoms with Crippen molar-refractivity contribution < 1.29 is 44.9 Å². The van der Waals surface area contributed by atoms with Gasteiger partial charge in [-0.2, -0.15) is 0 Å². The molecule has 0 aliphatic heterocycles. The lowest BCUT2D eigenvalue weighted by Gasteiger charge is -2.24. The molecule has 2 aromatic carbocycles. The predicted molar refractivity (Wildman–Crippen MR) is 96.9 cm³/mol. The van der Waals surface area contributed by atoms with Crippen LogP contribution in [0, 0.1) is 0 Å². The fourth-order valence-corrected chi connectivity index (χ4v) is 2.57. The number of ether oxygens (including phenoxy) is 2. The standard InChI is InChI=1S/C19H22O9/c1-27-16-8-10(2-3-13(16)23)18(26)17(9-21)28-19-14(24)6-11(7-15(19)25)12(22)4-5-20/h2-3,6-8,17-18,20-21,23-26H,4-5,9H2,1H3/t17-,18-/m0/s1. The zero-order valence-electron chi connectivity index (χ0n) is 15.1. The van der Waals surface area contributed by atoms with Gasteiger partial charge in [0.1, 0.15) is 6.10 Å². The molecule has 0 saturated heterocycles. The van der Waals surface area contributed by atoms with E-state index >= 15 is 0 Å². The van der Waals surface area contributed by atoms with E-state index in [0.717, 1.165) is 12.1 Å². The van der Waals surface area contributed by atoms with Crippen molar-refractivity contribution in [1.82, 2.24) is 0 Å². The number of methoxy groups -OCH3 is 1. The molecule has 0 radical (unpaired) electrons. The molecule has 2 atom stereocenters. The predicted octanol–water partition coefficient (Wildman–Crippen LogP) is 0.850. The molecule has 0 unspecified atom stereocenters. The maximum Gasteiger partial charge on any atom is 0.203 e. The molecule has 0 saturated carbocycles. The molecule has 0 spiro atoms. The maximum atomic E-state index is 11.8. The largest absolute Gasteiger partial charge is 0.504 e. The van der Waals surface area contributed by atoms with Gasteiger partial charge in [-0.1, -0.05) is 6.07 Å². The monoisotopic (exact) mass is 394 g/mol. The third-order valence-electron chi connectivity index (χ3n) is 4.06. The van der Waals surface area contributed by atoms with Crippen LogP contribution in [0.1, 0.15) is 28.4 Å². The first-order valence-electron chi connectivity index (χ1n) is 8.34. The summed E-state index contributed by atoms with van der Waals surface area (Å²) in [6, 6.07) is 6.14. The summed E-state index contributed by atoms with van der Waals surface area (Å²) in [5.74, 6) is -2.10. The molecule has 0 fully saturated rings. The fourth-order valence-electron chi connectivity index (χ4n) is 2.57. The summed E-state index contributed by atoms with van der Waals surface area (Å²) in [4.78, 5) is 11.8. The molecule has 0 aliphatic rings. The Balaban J connectivity index is 2.28. The molecule has 0 heterocycles. The van der Waals surface area contributed by atoms with Crippen LogP contribution in [0.25, 0.3) is 0 Å². The van der Waals surface area contributed by atoms with Crippen LogP contribution in [-0.2, 0) is 0 Å². The van der Waals surface area contributed by atoms with Crippen LogP contribution < -0.4 is 9.47 Å². The first kappa shape index (κ1) is 21.3. The molecule has 2 rings (SSSR count). The van der Waals surface area contributed by atoms with Crippen molar-refractivity contribution in [1.29, 1.82) is 0 Å². The molecule has 0 aliphatic carbocycles. The lowest BCUT2D eigenvalue weighted by atomic mass is 10.0. The van der Waals surface area contributed by atoms with Crippen molar-refractivity contribution >= 4 is 5.78 Å². The normalized spacial score (nSPS) is 13.0. The first-order valence-corrected chi connectivity index (χ1v) is 8.34. The Morgan fingerprint density at radius 2 is 1.68 bits per heavy atom. The highest BCUT2D eigenvalue weighted by molar-refractivity contribution is 5.97. The van der Waals surface area contributed by atoms with Crippen LogP contribution >= 0.6 is 0 Å². The van der Waals surface area contributed by atoms with E-state index in [0.29, 0.717) is 0 Å². The molecule has 0 bridgehead atoms. The Hall–Kier alpha value is -3.01. The highest BCUT2D eigenvalue weighted by Gasteiger charge is 2.26. The van der Waals surface area contributed by atoms with E-state index in [4.69, 9.17) is 14.6 Å². The number of Topliss-reactive ketones (excluding diaryl/α,β-unsaturated/α-hetero) is 1. The van der Waals surface area contributed by atoms with Crippen molar-refractivity contribution in [3.05, 3.63) is 41.5 Å². The minimum atomic E-state index is -1.39. The topological polar surface area (TPSA) is 157 Å². The van der Waals surface area contributed by atoms with E-state index in [2.05, 4.69) is 0 Å².